The summed E-state index contributed by atoms with van der Waals surface area (Å²) in [4.78, 5) is 23.5. The average Bonchev–Trinajstić information content (AvgIpc) is 2.70. The van der Waals surface area contributed by atoms with Crippen LogP contribution in [-0.4, -0.2) is 18.5 Å². The van der Waals surface area contributed by atoms with E-state index in [0.717, 1.165) is 54.2 Å². The summed E-state index contributed by atoms with van der Waals surface area (Å²) in [6.45, 7) is 4.79. The van der Waals surface area contributed by atoms with Gasteiger partial charge in [0, 0.05) is 12.2 Å². The van der Waals surface area contributed by atoms with Gasteiger partial charge in [-0.15, -0.1) is 0 Å². The zero-order valence-corrected chi connectivity index (χ0v) is 16.1. The SMILES string of the molecule is CCCCC(CC)COC(=O)/C=C/C(=O)OCc1ccc2ccccc2c1. The van der Waals surface area contributed by atoms with E-state index in [1.54, 1.807) is 0 Å². The summed E-state index contributed by atoms with van der Waals surface area (Å²) in [5.41, 5.74) is 0.903. The van der Waals surface area contributed by atoms with Gasteiger partial charge in [0.2, 0.25) is 0 Å². The van der Waals surface area contributed by atoms with Gasteiger partial charge in [-0.05, 0) is 34.7 Å². The zero-order chi connectivity index (χ0) is 19.5. The average molecular weight is 368 g/mol. The monoisotopic (exact) mass is 368 g/mol. The molecule has 0 saturated heterocycles. The van der Waals surface area contributed by atoms with Gasteiger partial charge < -0.3 is 9.47 Å². The highest BCUT2D eigenvalue weighted by atomic mass is 16.5. The van der Waals surface area contributed by atoms with Crippen LogP contribution in [0.5, 0.6) is 0 Å². The third-order valence-electron chi connectivity index (χ3n) is 4.56. The van der Waals surface area contributed by atoms with Crippen LogP contribution in [0, 0.1) is 5.92 Å². The van der Waals surface area contributed by atoms with Gasteiger partial charge in [0.15, 0.2) is 0 Å². The molecule has 0 heterocycles. The van der Waals surface area contributed by atoms with E-state index in [0.29, 0.717) is 12.5 Å². The van der Waals surface area contributed by atoms with Gasteiger partial charge in [-0.1, -0.05) is 69.5 Å². The number of hydrogen-bond acceptors (Lipinski definition) is 4. The van der Waals surface area contributed by atoms with E-state index in [1.807, 2.05) is 42.5 Å². The molecule has 2 aromatic carbocycles. The Bertz CT molecular complexity index is 779. The van der Waals surface area contributed by atoms with E-state index in [9.17, 15) is 9.59 Å². The molecule has 0 N–H and O–H groups in total. The minimum Gasteiger partial charge on any atom is -0.462 e. The lowest BCUT2D eigenvalue weighted by Crippen LogP contribution is -2.12. The fourth-order valence-electron chi connectivity index (χ4n) is 2.81. The Morgan fingerprint density at radius 2 is 1.67 bits per heavy atom. The summed E-state index contributed by atoms with van der Waals surface area (Å²) < 4.78 is 10.4. The Morgan fingerprint density at radius 3 is 2.37 bits per heavy atom. The molecule has 1 atom stereocenters. The predicted molar refractivity (Wildman–Crippen MR) is 107 cm³/mol. The van der Waals surface area contributed by atoms with Gasteiger partial charge in [0.25, 0.3) is 0 Å². The normalized spacial score (nSPS) is 12.2. The molecule has 0 amide bonds. The molecular formula is C23H28O4. The quantitative estimate of drug-likeness (QED) is 0.427. The third kappa shape index (κ3) is 7.26. The first-order chi connectivity index (χ1) is 13.1. The smallest absolute Gasteiger partial charge is 0.331 e. The van der Waals surface area contributed by atoms with Crippen molar-refractivity contribution in [2.45, 2.75) is 46.1 Å². The summed E-state index contributed by atoms with van der Waals surface area (Å²) >= 11 is 0. The first-order valence-electron chi connectivity index (χ1n) is 9.61. The molecule has 0 aliphatic rings. The van der Waals surface area contributed by atoms with E-state index in [4.69, 9.17) is 9.47 Å². The minimum absolute atomic E-state index is 0.165. The topological polar surface area (TPSA) is 52.6 Å². The van der Waals surface area contributed by atoms with Crippen molar-refractivity contribution in [1.82, 2.24) is 0 Å². The van der Waals surface area contributed by atoms with Crippen LogP contribution in [0.4, 0.5) is 0 Å². The van der Waals surface area contributed by atoms with Crippen molar-refractivity contribution >= 4 is 22.7 Å². The molecule has 2 aromatic rings. The molecule has 0 fully saturated rings. The fourth-order valence-corrected chi connectivity index (χ4v) is 2.81. The van der Waals surface area contributed by atoms with Gasteiger partial charge >= 0.3 is 11.9 Å². The molecule has 0 bridgehead atoms. The Kier molecular flexibility index (Phi) is 8.56. The van der Waals surface area contributed by atoms with Crippen LogP contribution in [0.1, 0.15) is 45.1 Å². The highest BCUT2D eigenvalue weighted by Crippen LogP contribution is 2.16. The van der Waals surface area contributed by atoms with Crippen molar-refractivity contribution in [3.63, 3.8) is 0 Å². The second-order valence-corrected chi connectivity index (χ2v) is 6.67. The summed E-state index contributed by atoms with van der Waals surface area (Å²) in [5, 5.41) is 2.23. The molecule has 1 unspecified atom stereocenters. The van der Waals surface area contributed by atoms with Gasteiger partial charge in [0.05, 0.1) is 6.61 Å². The molecule has 0 radical (unpaired) electrons. The van der Waals surface area contributed by atoms with Crippen LogP contribution in [0.15, 0.2) is 54.6 Å². The molecule has 0 spiro atoms. The first kappa shape index (κ1) is 20.7. The number of esters is 2. The molecule has 4 heteroatoms. The number of ether oxygens (including phenoxy) is 2. The number of carbonyl (C=O) groups excluding carboxylic acids is 2. The summed E-state index contributed by atoms with van der Waals surface area (Å²) in [5.74, 6) is -0.687. The van der Waals surface area contributed by atoms with E-state index < -0.39 is 11.9 Å². The number of rotatable bonds is 10. The van der Waals surface area contributed by atoms with E-state index in [1.165, 1.54) is 0 Å². The number of hydrogen-bond donors (Lipinski definition) is 0. The second-order valence-electron chi connectivity index (χ2n) is 6.67. The first-order valence-corrected chi connectivity index (χ1v) is 9.61. The molecule has 0 saturated carbocycles. The van der Waals surface area contributed by atoms with Crippen molar-refractivity contribution < 1.29 is 19.1 Å². The van der Waals surface area contributed by atoms with Gasteiger partial charge in [-0.3, -0.25) is 0 Å². The Morgan fingerprint density at radius 1 is 0.963 bits per heavy atom. The third-order valence-corrected chi connectivity index (χ3v) is 4.56. The summed E-state index contributed by atoms with van der Waals surface area (Å²) in [7, 11) is 0. The fraction of sp³-hybridized carbons (Fsp3) is 0.391. The van der Waals surface area contributed by atoms with Gasteiger partial charge in [-0.2, -0.15) is 0 Å². The lowest BCUT2D eigenvalue weighted by molar-refractivity contribution is -0.141. The van der Waals surface area contributed by atoms with Gasteiger partial charge in [0.1, 0.15) is 6.61 Å². The van der Waals surface area contributed by atoms with E-state index in [2.05, 4.69) is 13.8 Å². The highest BCUT2D eigenvalue weighted by molar-refractivity contribution is 5.91. The van der Waals surface area contributed by atoms with Crippen molar-refractivity contribution in [2.24, 2.45) is 5.92 Å². The Balaban J connectivity index is 1.75. The predicted octanol–water partition coefficient (Wildman–Crippen LogP) is 5.20. The molecule has 4 nitrogen and oxygen atoms in total. The van der Waals surface area contributed by atoms with Crippen molar-refractivity contribution in [1.29, 1.82) is 0 Å². The lowest BCUT2D eigenvalue weighted by atomic mass is 10.0. The maximum absolute atomic E-state index is 11.8. The minimum atomic E-state index is -0.557. The van der Waals surface area contributed by atoms with Gasteiger partial charge in [-0.25, -0.2) is 9.59 Å². The molecule has 27 heavy (non-hydrogen) atoms. The second kappa shape index (κ2) is 11.2. The molecule has 0 aromatic heterocycles. The summed E-state index contributed by atoms with van der Waals surface area (Å²) in [6.07, 6.45) is 6.55. The zero-order valence-electron chi connectivity index (χ0n) is 16.1. The van der Waals surface area contributed by atoms with Crippen molar-refractivity contribution in [2.75, 3.05) is 6.61 Å². The van der Waals surface area contributed by atoms with Crippen LogP contribution in [-0.2, 0) is 25.7 Å². The number of carbonyl (C=O) groups is 2. The molecule has 144 valence electrons. The van der Waals surface area contributed by atoms with Crippen LogP contribution < -0.4 is 0 Å². The van der Waals surface area contributed by atoms with Crippen LogP contribution in [0.2, 0.25) is 0 Å². The molecule has 0 aliphatic heterocycles. The van der Waals surface area contributed by atoms with Crippen LogP contribution >= 0.6 is 0 Å². The van der Waals surface area contributed by atoms with Crippen molar-refractivity contribution in [3.05, 3.63) is 60.2 Å². The number of unbranched alkanes of at least 4 members (excludes halogenated alkanes) is 1. The van der Waals surface area contributed by atoms with E-state index >= 15 is 0 Å². The Labute approximate surface area is 161 Å². The van der Waals surface area contributed by atoms with Crippen molar-refractivity contribution in [3.8, 4) is 0 Å². The van der Waals surface area contributed by atoms with Crippen LogP contribution in [0.3, 0.4) is 0 Å². The van der Waals surface area contributed by atoms with Crippen LogP contribution in [0.25, 0.3) is 10.8 Å². The maximum Gasteiger partial charge on any atom is 0.331 e. The maximum atomic E-state index is 11.8. The highest BCUT2D eigenvalue weighted by Gasteiger charge is 2.09. The number of fused-ring (bicyclic) bond motifs is 1. The summed E-state index contributed by atoms with van der Waals surface area (Å²) in [6, 6.07) is 13.9. The Hall–Kier alpha value is -2.62. The molecule has 2 rings (SSSR count). The largest absolute Gasteiger partial charge is 0.462 e. The lowest BCUT2D eigenvalue weighted by Gasteiger charge is -2.13. The molecule has 0 aliphatic carbocycles. The molecular weight excluding hydrogens is 340 g/mol. The van der Waals surface area contributed by atoms with E-state index in [-0.39, 0.29) is 6.61 Å². The number of benzene rings is 2. The standard InChI is InChI=1S/C23H28O4/c1-3-5-8-18(4-2)16-26-22(24)13-14-23(25)27-17-19-11-12-20-9-6-7-10-21(20)15-19/h6-7,9-15,18H,3-5,8,16-17H2,1-2H3/b14-13+.